The number of alkyl halides is 3. The Morgan fingerprint density at radius 3 is 2.39 bits per heavy atom. The first-order valence-electron chi connectivity index (χ1n) is 8.47. The van der Waals surface area contributed by atoms with E-state index in [0.717, 1.165) is 27.4 Å². The molecular formula is C19H14Cl2F3N5O2. The van der Waals surface area contributed by atoms with Gasteiger partial charge in [0.15, 0.2) is 0 Å². The number of aromatic nitrogens is 3. The van der Waals surface area contributed by atoms with Crippen LogP contribution in [-0.2, 0) is 11.8 Å². The minimum Gasteiger partial charge on any atom is -0.475 e. The van der Waals surface area contributed by atoms with Gasteiger partial charge in [-0.25, -0.2) is 9.78 Å². The monoisotopic (exact) mass is 471 g/mol. The van der Waals surface area contributed by atoms with Crippen LogP contribution in [0.3, 0.4) is 0 Å². The highest BCUT2D eigenvalue weighted by Gasteiger charge is 2.38. The maximum atomic E-state index is 10.6. The summed E-state index contributed by atoms with van der Waals surface area (Å²) >= 11 is 12.6. The summed E-state index contributed by atoms with van der Waals surface area (Å²) in [5.74, 6) is -2.26. The third kappa shape index (κ3) is 4.30. The van der Waals surface area contributed by atoms with Gasteiger partial charge in [-0.2, -0.15) is 18.2 Å². The first kappa shape index (κ1) is 22.4. The molecule has 2 heterocycles. The second-order valence-electron chi connectivity index (χ2n) is 6.38. The van der Waals surface area contributed by atoms with Gasteiger partial charge < -0.3 is 21.1 Å². The van der Waals surface area contributed by atoms with Crippen LogP contribution in [0.4, 0.5) is 24.9 Å². The van der Waals surface area contributed by atoms with Crippen molar-refractivity contribution in [3.8, 4) is 11.1 Å². The number of benzene rings is 2. The summed E-state index contributed by atoms with van der Waals surface area (Å²) in [5.41, 5.74) is 15.2. The Balaban J connectivity index is 0.000000339. The lowest BCUT2D eigenvalue weighted by Crippen LogP contribution is -2.21. The molecule has 7 nitrogen and oxygen atoms in total. The Morgan fingerprint density at radius 1 is 1.13 bits per heavy atom. The fourth-order valence-corrected chi connectivity index (χ4v) is 3.49. The third-order valence-corrected chi connectivity index (χ3v) is 5.16. The summed E-state index contributed by atoms with van der Waals surface area (Å²) in [6.07, 6.45) is -3.12. The number of fused-ring (bicyclic) bond motifs is 3. The van der Waals surface area contributed by atoms with Gasteiger partial charge in [0, 0.05) is 29.8 Å². The second-order valence-corrected chi connectivity index (χ2v) is 7.16. The number of carbonyl (C=O) groups is 1. The molecule has 0 aliphatic carbocycles. The lowest BCUT2D eigenvalue weighted by Gasteiger charge is -2.12. The zero-order valence-corrected chi connectivity index (χ0v) is 17.2. The number of aliphatic carboxylic acids is 1. The molecule has 0 spiro atoms. The van der Waals surface area contributed by atoms with Crippen molar-refractivity contribution in [3.05, 3.63) is 46.6 Å². The van der Waals surface area contributed by atoms with Gasteiger partial charge in [0.25, 0.3) is 0 Å². The fraction of sp³-hybridized carbons (Fsp3) is 0.105. The Labute approximate surface area is 183 Å². The quantitative estimate of drug-likeness (QED) is 0.363. The highest BCUT2D eigenvalue weighted by molar-refractivity contribution is 6.44. The van der Waals surface area contributed by atoms with Crippen molar-refractivity contribution in [2.45, 2.75) is 6.18 Å². The smallest absolute Gasteiger partial charge is 0.475 e. The predicted octanol–water partition coefficient (Wildman–Crippen LogP) is 4.89. The van der Waals surface area contributed by atoms with E-state index in [0.29, 0.717) is 21.4 Å². The van der Waals surface area contributed by atoms with Gasteiger partial charge in [0.05, 0.1) is 26.5 Å². The molecule has 0 atom stereocenters. The van der Waals surface area contributed by atoms with Crippen LogP contribution in [0, 0.1) is 0 Å². The molecule has 5 N–H and O–H groups in total. The average molecular weight is 472 g/mol. The number of carboxylic acid groups (broad SMARTS) is 1. The first-order valence-corrected chi connectivity index (χ1v) is 9.22. The minimum absolute atomic E-state index is 0.137. The van der Waals surface area contributed by atoms with Crippen LogP contribution in [0.15, 0.2) is 36.5 Å². The molecule has 0 unspecified atom stereocenters. The number of nitrogens with zero attached hydrogens (tertiary/aromatic N) is 3. The van der Waals surface area contributed by atoms with Crippen molar-refractivity contribution in [1.29, 1.82) is 0 Å². The fourth-order valence-electron chi connectivity index (χ4n) is 3.08. The van der Waals surface area contributed by atoms with Crippen molar-refractivity contribution < 1.29 is 23.1 Å². The summed E-state index contributed by atoms with van der Waals surface area (Å²) in [6.45, 7) is 0. The Bertz CT molecular complexity index is 1320. The number of anilines is 2. The molecule has 162 valence electrons. The van der Waals surface area contributed by atoms with Crippen molar-refractivity contribution in [1.82, 2.24) is 14.5 Å². The third-order valence-electron chi connectivity index (χ3n) is 4.34. The van der Waals surface area contributed by atoms with Crippen molar-refractivity contribution in [2.75, 3.05) is 11.5 Å². The van der Waals surface area contributed by atoms with E-state index in [1.54, 1.807) is 6.07 Å². The van der Waals surface area contributed by atoms with E-state index in [-0.39, 0.29) is 5.95 Å². The zero-order chi connectivity index (χ0) is 23.1. The van der Waals surface area contributed by atoms with Crippen molar-refractivity contribution >= 4 is 62.7 Å². The van der Waals surface area contributed by atoms with E-state index in [2.05, 4.69) is 9.97 Å². The van der Waals surface area contributed by atoms with Crippen LogP contribution in [0.5, 0.6) is 0 Å². The van der Waals surface area contributed by atoms with E-state index in [1.807, 2.05) is 42.1 Å². The van der Waals surface area contributed by atoms with Gasteiger partial charge in [-0.05, 0) is 18.2 Å². The Kier molecular flexibility index (Phi) is 5.88. The predicted molar refractivity (Wildman–Crippen MR) is 114 cm³/mol. The van der Waals surface area contributed by atoms with Crippen LogP contribution in [-0.4, -0.2) is 31.8 Å². The summed E-state index contributed by atoms with van der Waals surface area (Å²) in [4.78, 5) is 17.3. The number of halogens is 5. The molecule has 0 aliphatic heterocycles. The molecule has 2 aromatic carbocycles. The molecule has 0 bridgehead atoms. The van der Waals surface area contributed by atoms with Gasteiger partial charge in [0.1, 0.15) is 5.82 Å². The molecule has 4 rings (SSSR count). The van der Waals surface area contributed by atoms with E-state index in [1.165, 1.54) is 0 Å². The van der Waals surface area contributed by atoms with Gasteiger partial charge >= 0.3 is 12.1 Å². The molecular weight excluding hydrogens is 458 g/mol. The number of nitrogen functional groups attached to an aromatic ring is 2. The minimum atomic E-state index is -5.08. The normalized spacial score (nSPS) is 11.4. The average Bonchev–Trinajstić information content (AvgIpc) is 3.04. The molecule has 0 radical (unpaired) electrons. The molecule has 4 aromatic rings. The van der Waals surface area contributed by atoms with Gasteiger partial charge in [0.2, 0.25) is 5.95 Å². The molecule has 2 aromatic heterocycles. The Morgan fingerprint density at radius 2 is 1.77 bits per heavy atom. The van der Waals surface area contributed by atoms with Crippen LogP contribution in [0.25, 0.3) is 32.9 Å². The molecule has 0 aliphatic rings. The molecule has 0 fully saturated rings. The highest BCUT2D eigenvalue weighted by atomic mass is 35.5. The van der Waals surface area contributed by atoms with Crippen LogP contribution < -0.4 is 11.5 Å². The maximum absolute atomic E-state index is 10.6. The SMILES string of the molecule is Cn1ccc2c3c(N)nc(N)nc3cc(-c3cccc(Cl)c3Cl)c21.O=C(O)C(F)(F)F. The number of aryl methyl sites for hydroxylation is 1. The van der Waals surface area contributed by atoms with E-state index >= 15 is 0 Å². The van der Waals surface area contributed by atoms with Crippen molar-refractivity contribution in [2.24, 2.45) is 7.05 Å². The highest BCUT2D eigenvalue weighted by Crippen LogP contribution is 2.41. The summed E-state index contributed by atoms with van der Waals surface area (Å²) in [7, 11) is 1.96. The summed E-state index contributed by atoms with van der Waals surface area (Å²) in [5, 5.41) is 9.84. The topological polar surface area (TPSA) is 120 Å². The number of hydrogen-bond acceptors (Lipinski definition) is 5. The summed E-state index contributed by atoms with van der Waals surface area (Å²) < 4.78 is 33.7. The van der Waals surface area contributed by atoms with Crippen molar-refractivity contribution in [3.63, 3.8) is 0 Å². The lowest BCUT2D eigenvalue weighted by atomic mass is 9.99. The number of rotatable bonds is 1. The number of nitrogens with two attached hydrogens (primary N) is 2. The standard InChI is InChI=1S/C17H13Cl2N5.C2HF3O2/c1-24-6-5-9-13-12(22-17(21)23-16(13)20)7-10(15(9)24)8-3-2-4-11(18)14(8)19;3-2(4,5)1(6)7/h2-7H,1H3,(H4,20,21,22,23);(H,6,7). The van der Waals surface area contributed by atoms with E-state index in [9.17, 15) is 13.2 Å². The second kappa shape index (κ2) is 8.12. The number of carboxylic acids is 1. The molecule has 31 heavy (non-hydrogen) atoms. The molecule has 0 saturated heterocycles. The van der Waals surface area contributed by atoms with Gasteiger partial charge in [-0.15, -0.1) is 0 Å². The largest absolute Gasteiger partial charge is 0.490 e. The zero-order valence-electron chi connectivity index (χ0n) is 15.7. The van der Waals surface area contributed by atoms with E-state index in [4.69, 9.17) is 44.6 Å². The first-order chi connectivity index (χ1) is 14.4. The van der Waals surface area contributed by atoms with Crippen LogP contribution >= 0.6 is 23.2 Å². The van der Waals surface area contributed by atoms with Gasteiger partial charge in [-0.3, -0.25) is 0 Å². The van der Waals surface area contributed by atoms with Crippen LogP contribution in [0.1, 0.15) is 0 Å². The number of hydrogen-bond donors (Lipinski definition) is 3. The summed E-state index contributed by atoms with van der Waals surface area (Å²) in [6, 6.07) is 9.45. The lowest BCUT2D eigenvalue weighted by molar-refractivity contribution is -0.192. The van der Waals surface area contributed by atoms with E-state index < -0.39 is 12.1 Å². The Hall–Kier alpha value is -3.24. The molecule has 12 heteroatoms. The van der Waals surface area contributed by atoms with Crippen LogP contribution in [0.2, 0.25) is 10.0 Å². The molecule has 0 saturated carbocycles. The van der Waals surface area contributed by atoms with Gasteiger partial charge in [-0.1, -0.05) is 35.3 Å². The molecule has 0 amide bonds. The maximum Gasteiger partial charge on any atom is 0.490 e.